The van der Waals surface area contributed by atoms with Crippen molar-refractivity contribution in [3.63, 3.8) is 0 Å². The molecule has 0 aliphatic rings. The zero-order chi connectivity index (χ0) is 18.9. The van der Waals surface area contributed by atoms with Crippen LogP contribution < -0.4 is 14.4 Å². The van der Waals surface area contributed by atoms with Crippen LogP contribution in [0.2, 0.25) is 5.02 Å². The second kappa shape index (κ2) is 10.5. The van der Waals surface area contributed by atoms with Crippen LogP contribution in [0.5, 0.6) is 11.5 Å². The molecule has 2 rings (SSSR count). The van der Waals surface area contributed by atoms with E-state index in [1.54, 1.807) is 32.6 Å². The number of hydrogen-bond donors (Lipinski definition) is 0. The highest BCUT2D eigenvalue weighted by molar-refractivity contribution is 6.30. The summed E-state index contributed by atoms with van der Waals surface area (Å²) in [6.45, 7) is 1.31. The molecule has 0 unspecified atom stereocenters. The van der Waals surface area contributed by atoms with Crippen LogP contribution in [-0.4, -0.2) is 45.3 Å². The van der Waals surface area contributed by atoms with E-state index in [2.05, 4.69) is 9.89 Å². The van der Waals surface area contributed by atoms with Gasteiger partial charge < -0.3 is 14.4 Å². The molecule has 0 aliphatic heterocycles. The fraction of sp³-hybridized carbons (Fsp3) is 0.316. The Balaban J connectivity index is 2.41. The first-order valence-electron chi connectivity index (χ1n) is 8.05. The predicted molar refractivity (Wildman–Crippen MR) is 112 cm³/mol. The molecular weight excluding hydrogens is 395 g/mol. The molecule has 0 aliphatic carbocycles. The lowest BCUT2D eigenvalue weighted by Gasteiger charge is -2.26. The predicted octanol–water partition coefficient (Wildman–Crippen LogP) is 5.39. The molecule has 2 aromatic rings. The Hall–Kier alpha value is -1.62. The van der Waals surface area contributed by atoms with Gasteiger partial charge in [-0.2, -0.15) is 0 Å². The molecule has 0 spiro atoms. The van der Waals surface area contributed by atoms with Crippen molar-refractivity contribution in [3.05, 3.63) is 47.0 Å². The Morgan fingerprint density at radius 2 is 1.69 bits per heavy atom. The number of alkyl halides is 2. The first-order valence-corrected chi connectivity index (χ1v) is 9.50. The van der Waals surface area contributed by atoms with Crippen LogP contribution in [-0.2, 0) is 0 Å². The summed E-state index contributed by atoms with van der Waals surface area (Å²) in [5.74, 6) is 2.36. The normalized spacial score (nSPS) is 11.0. The van der Waals surface area contributed by atoms with Gasteiger partial charge in [-0.25, -0.2) is 0 Å². The number of methoxy groups -OCH3 is 2. The van der Waals surface area contributed by atoms with E-state index < -0.39 is 0 Å². The largest absolute Gasteiger partial charge is 0.496 e. The monoisotopic (exact) mass is 414 g/mol. The molecule has 0 bridgehead atoms. The molecule has 7 heteroatoms. The lowest BCUT2D eigenvalue weighted by Crippen LogP contribution is -2.28. The fourth-order valence-corrected chi connectivity index (χ4v) is 3.10. The van der Waals surface area contributed by atoms with Gasteiger partial charge in [0.2, 0.25) is 0 Å². The van der Waals surface area contributed by atoms with E-state index in [0.29, 0.717) is 41.4 Å². The number of nitrogens with zero attached hydrogens (tertiary/aromatic N) is 2. The van der Waals surface area contributed by atoms with Gasteiger partial charge in [-0.05, 0) is 24.3 Å². The van der Waals surface area contributed by atoms with Gasteiger partial charge >= 0.3 is 0 Å². The fourth-order valence-electron chi connectivity index (χ4n) is 2.51. The van der Waals surface area contributed by atoms with Crippen LogP contribution in [0.25, 0.3) is 0 Å². The third-order valence-corrected chi connectivity index (χ3v) is 4.31. The quantitative estimate of drug-likeness (QED) is 0.406. The van der Waals surface area contributed by atoms with Crippen molar-refractivity contribution in [2.45, 2.75) is 0 Å². The zero-order valence-corrected chi connectivity index (χ0v) is 17.0. The van der Waals surface area contributed by atoms with E-state index in [0.717, 1.165) is 16.9 Å². The molecule has 0 fully saturated rings. The van der Waals surface area contributed by atoms with Gasteiger partial charge in [-0.1, -0.05) is 17.7 Å². The van der Waals surface area contributed by atoms with E-state index in [1.165, 1.54) is 0 Å². The minimum absolute atomic E-state index is 0.486. The van der Waals surface area contributed by atoms with E-state index in [4.69, 9.17) is 44.3 Å². The van der Waals surface area contributed by atoms with Crippen LogP contribution in [0.3, 0.4) is 0 Å². The third kappa shape index (κ3) is 5.44. The summed E-state index contributed by atoms with van der Waals surface area (Å²) < 4.78 is 11.1. The smallest absolute Gasteiger partial charge is 0.143 e. The number of benzene rings is 2. The maximum atomic E-state index is 6.00. The lowest BCUT2D eigenvalue weighted by molar-refractivity contribution is 0.402. The standard InChI is InChI=1S/C19H21Cl3N2O2/c1-25-18-12-17(24(8-6-20)9-7-21)19(26-2)10-14(18)13-23-16-5-3-4-15(22)11-16/h3-5,10-13H,6-9H2,1-2H3. The molecule has 0 heterocycles. The van der Waals surface area contributed by atoms with E-state index in [-0.39, 0.29) is 0 Å². The summed E-state index contributed by atoms with van der Waals surface area (Å²) >= 11 is 17.9. The van der Waals surface area contributed by atoms with Crippen LogP contribution in [0.15, 0.2) is 41.4 Å². The van der Waals surface area contributed by atoms with Gasteiger partial charge in [0.25, 0.3) is 0 Å². The highest BCUT2D eigenvalue weighted by atomic mass is 35.5. The average molecular weight is 416 g/mol. The second-order valence-electron chi connectivity index (χ2n) is 5.37. The number of ether oxygens (including phenoxy) is 2. The highest BCUT2D eigenvalue weighted by Gasteiger charge is 2.15. The number of rotatable bonds is 9. The molecule has 0 radical (unpaired) electrons. The second-order valence-corrected chi connectivity index (χ2v) is 6.56. The molecule has 0 atom stereocenters. The van der Waals surface area contributed by atoms with Gasteiger partial charge in [0.1, 0.15) is 11.5 Å². The summed E-state index contributed by atoms with van der Waals surface area (Å²) in [7, 11) is 3.25. The maximum Gasteiger partial charge on any atom is 0.143 e. The first kappa shape index (κ1) is 20.7. The van der Waals surface area contributed by atoms with E-state index >= 15 is 0 Å². The summed E-state index contributed by atoms with van der Waals surface area (Å²) in [5, 5.41) is 0.636. The highest BCUT2D eigenvalue weighted by Crippen LogP contribution is 2.35. The number of halogens is 3. The summed E-state index contributed by atoms with van der Waals surface area (Å²) in [6.07, 6.45) is 1.73. The summed E-state index contributed by atoms with van der Waals surface area (Å²) in [6, 6.07) is 11.1. The van der Waals surface area contributed by atoms with Crippen molar-refractivity contribution in [2.75, 3.05) is 44.0 Å². The maximum absolute atomic E-state index is 6.00. The van der Waals surface area contributed by atoms with Crippen molar-refractivity contribution in [1.82, 2.24) is 0 Å². The molecule has 26 heavy (non-hydrogen) atoms. The molecule has 0 N–H and O–H groups in total. The summed E-state index contributed by atoms with van der Waals surface area (Å²) in [5.41, 5.74) is 2.43. The van der Waals surface area contributed by atoms with Crippen LogP contribution in [0.1, 0.15) is 5.56 Å². The first-order chi connectivity index (χ1) is 12.6. The average Bonchev–Trinajstić information content (AvgIpc) is 2.65. The van der Waals surface area contributed by atoms with E-state index in [1.807, 2.05) is 24.3 Å². The van der Waals surface area contributed by atoms with Crippen molar-refractivity contribution in [1.29, 1.82) is 0 Å². The van der Waals surface area contributed by atoms with Crippen LogP contribution in [0, 0.1) is 0 Å². The molecule has 0 saturated carbocycles. The number of anilines is 1. The summed E-state index contributed by atoms with van der Waals surface area (Å²) in [4.78, 5) is 6.54. The molecule has 2 aromatic carbocycles. The number of hydrogen-bond acceptors (Lipinski definition) is 4. The van der Waals surface area contributed by atoms with Gasteiger partial charge in [0.15, 0.2) is 0 Å². The Bertz CT molecular complexity index is 748. The molecule has 140 valence electrons. The van der Waals surface area contributed by atoms with Crippen molar-refractivity contribution >= 4 is 52.4 Å². The van der Waals surface area contributed by atoms with Gasteiger partial charge in [-0.15, -0.1) is 23.2 Å². The molecule has 0 saturated heterocycles. The van der Waals surface area contributed by atoms with Crippen LogP contribution in [0.4, 0.5) is 11.4 Å². The Morgan fingerprint density at radius 3 is 2.27 bits per heavy atom. The van der Waals surface area contributed by atoms with Gasteiger partial charge in [-0.3, -0.25) is 4.99 Å². The van der Waals surface area contributed by atoms with Crippen molar-refractivity contribution in [2.24, 2.45) is 4.99 Å². The number of aliphatic imine (C=N–C) groups is 1. The zero-order valence-electron chi connectivity index (χ0n) is 14.7. The van der Waals surface area contributed by atoms with Crippen LogP contribution >= 0.6 is 34.8 Å². The Labute approximate surface area is 169 Å². The molecule has 0 aromatic heterocycles. The molecule has 4 nitrogen and oxygen atoms in total. The van der Waals surface area contributed by atoms with Crippen molar-refractivity contribution < 1.29 is 9.47 Å². The molecule has 0 amide bonds. The topological polar surface area (TPSA) is 34.1 Å². The third-order valence-electron chi connectivity index (χ3n) is 3.74. The van der Waals surface area contributed by atoms with Gasteiger partial charge in [0.05, 0.1) is 25.6 Å². The lowest BCUT2D eigenvalue weighted by atomic mass is 10.1. The van der Waals surface area contributed by atoms with E-state index in [9.17, 15) is 0 Å². The minimum atomic E-state index is 0.486. The SMILES string of the molecule is COc1cc(N(CCCl)CCCl)c(OC)cc1C=Nc1cccc(Cl)c1. The van der Waals surface area contributed by atoms with Gasteiger partial charge in [0, 0.05) is 47.7 Å². The minimum Gasteiger partial charge on any atom is -0.496 e. The Morgan fingerprint density at radius 1 is 1.00 bits per heavy atom. The Kier molecular flexibility index (Phi) is 8.36. The van der Waals surface area contributed by atoms with Crippen molar-refractivity contribution in [3.8, 4) is 11.5 Å². The molecular formula is C19H21Cl3N2O2.